The van der Waals surface area contributed by atoms with Crippen LogP contribution in [0.5, 0.6) is 0 Å². The van der Waals surface area contributed by atoms with Gasteiger partial charge in [0.2, 0.25) is 5.95 Å². The maximum Gasteiger partial charge on any atom is 0.240 e. The summed E-state index contributed by atoms with van der Waals surface area (Å²) < 4.78 is 1.69. The molecule has 6 heteroatoms. The lowest BCUT2D eigenvalue weighted by Crippen LogP contribution is -1.96. The Morgan fingerprint density at radius 3 is 2.80 bits per heavy atom. The molecule has 1 saturated carbocycles. The number of nitrogens with zero attached hydrogens (tertiary/aromatic N) is 4. The molecule has 3 aromatic rings. The van der Waals surface area contributed by atoms with E-state index in [2.05, 4.69) is 21.1 Å². The fourth-order valence-electron chi connectivity index (χ4n) is 2.35. The molecular formula is C14H12ClN5. The zero-order chi connectivity index (χ0) is 13.7. The second kappa shape index (κ2) is 4.18. The highest BCUT2D eigenvalue weighted by Crippen LogP contribution is 2.39. The topological polar surface area (TPSA) is 69.1 Å². The first-order valence-electron chi connectivity index (χ1n) is 6.49. The predicted molar refractivity (Wildman–Crippen MR) is 77.6 cm³/mol. The third kappa shape index (κ3) is 1.91. The van der Waals surface area contributed by atoms with Crippen LogP contribution in [-0.4, -0.2) is 19.6 Å². The van der Waals surface area contributed by atoms with Gasteiger partial charge in [-0.25, -0.2) is 4.52 Å². The molecule has 1 aliphatic carbocycles. The van der Waals surface area contributed by atoms with E-state index < -0.39 is 0 Å². The van der Waals surface area contributed by atoms with Gasteiger partial charge in [-0.2, -0.15) is 4.98 Å². The average molecular weight is 286 g/mol. The van der Waals surface area contributed by atoms with Crippen molar-refractivity contribution in [1.29, 1.82) is 0 Å². The Balaban J connectivity index is 1.87. The first kappa shape index (κ1) is 11.7. The van der Waals surface area contributed by atoms with E-state index in [1.807, 2.05) is 18.3 Å². The van der Waals surface area contributed by atoms with Crippen LogP contribution in [-0.2, 0) is 0 Å². The van der Waals surface area contributed by atoms with Crippen molar-refractivity contribution in [2.75, 3.05) is 5.73 Å². The van der Waals surface area contributed by atoms with E-state index in [1.165, 1.54) is 12.8 Å². The fraction of sp³-hybridized carbons (Fsp3) is 0.214. The molecule has 0 unspecified atom stereocenters. The van der Waals surface area contributed by atoms with Crippen molar-refractivity contribution in [3.8, 4) is 11.3 Å². The van der Waals surface area contributed by atoms with Crippen LogP contribution >= 0.6 is 11.6 Å². The molecule has 20 heavy (non-hydrogen) atoms. The number of aromatic nitrogens is 4. The normalized spacial score (nSPS) is 14.8. The van der Waals surface area contributed by atoms with Crippen LogP contribution in [0.4, 0.5) is 5.95 Å². The number of hydrogen-bond acceptors (Lipinski definition) is 4. The van der Waals surface area contributed by atoms with Gasteiger partial charge in [0.25, 0.3) is 0 Å². The number of fused-ring (bicyclic) bond motifs is 1. The molecule has 0 aliphatic heterocycles. The maximum atomic E-state index is 6.13. The zero-order valence-electron chi connectivity index (χ0n) is 10.6. The largest absolute Gasteiger partial charge is 0.366 e. The van der Waals surface area contributed by atoms with E-state index in [4.69, 9.17) is 17.3 Å². The van der Waals surface area contributed by atoms with Crippen LogP contribution in [0.25, 0.3) is 16.9 Å². The Morgan fingerprint density at radius 2 is 2.10 bits per heavy atom. The summed E-state index contributed by atoms with van der Waals surface area (Å²) in [5, 5.41) is 4.80. The molecule has 0 aromatic carbocycles. The summed E-state index contributed by atoms with van der Waals surface area (Å²) in [6.45, 7) is 0. The van der Waals surface area contributed by atoms with Gasteiger partial charge in [0, 0.05) is 34.5 Å². The Kier molecular flexibility index (Phi) is 2.44. The van der Waals surface area contributed by atoms with Gasteiger partial charge in [-0.05, 0) is 31.0 Å². The lowest BCUT2D eigenvalue weighted by molar-refractivity contribution is 0.969. The van der Waals surface area contributed by atoms with Crippen LogP contribution in [0.1, 0.15) is 24.5 Å². The van der Waals surface area contributed by atoms with Gasteiger partial charge in [-0.1, -0.05) is 11.6 Å². The summed E-state index contributed by atoms with van der Waals surface area (Å²) >= 11 is 6.13. The van der Waals surface area contributed by atoms with E-state index in [9.17, 15) is 0 Å². The Labute approximate surface area is 120 Å². The van der Waals surface area contributed by atoms with Crippen molar-refractivity contribution < 1.29 is 0 Å². The molecule has 1 fully saturated rings. The minimum Gasteiger partial charge on any atom is -0.366 e. The number of rotatable bonds is 2. The van der Waals surface area contributed by atoms with Crippen molar-refractivity contribution in [2.45, 2.75) is 18.8 Å². The first-order valence-corrected chi connectivity index (χ1v) is 6.86. The van der Waals surface area contributed by atoms with Gasteiger partial charge in [0.15, 0.2) is 5.65 Å². The van der Waals surface area contributed by atoms with Gasteiger partial charge in [0.1, 0.15) is 0 Å². The Hall–Kier alpha value is -2.14. The van der Waals surface area contributed by atoms with Gasteiger partial charge in [-0.15, -0.1) is 5.10 Å². The molecule has 0 amide bonds. The number of nitrogens with two attached hydrogens (primary N) is 1. The van der Waals surface area contributed by atoms with Crippen molar-refractivity contribution in [3.63, 3.8) is 0 Å². The molecule has 5 nitrogen and oxygen atoms in total. The van der Waals surface area contributed by atoms with Gasteiger partial charge < -0.3 is 5.73 Å². The monoisotopic (exact) mass is 285 g/mol. The lowest BCUT2D eigenvalue weighted by atomic mass is 10.1. The zero-order valence-corrected chi connectivity index (χ0v) is 11.4. The average Bonchev–Trinajstić information content (AvgIpc) is 3.21. The van der Waals surface area contributed by atoms with Crippen molar-refractivity contribution >= 4 is 23.2 Å². The van der Waals surface area contributed by atoms with E-state index in [1.54, 1.807) is 10.6 Å². The summed E-state index contributed by atoms with van der Waals surface area (Å²) in [4.78, 5) is 8.67. The number of pyridine rings is 2. The molecule has 100 valence electrons. The summed E-state index contributed by atoms with van der Waals surface area (Å²) in [5.74, 6) is 0.876. The van der Waals surface area contributed by atoms with Crippen molar-refractivity contribution in [3.05, 3.63) is 41.2 Å². The number of hydrogen-bond donors (Lipinski definition) is 1. The molecule has 0 saturated heterocycles. The smallest absolute Gasteiger partial charge is 0.240 e. The molecule has 1 aliphatic rings. The third-order valence-corrected chi connectivity index (χ3v) is 3.71. The van der Waals surface area contributed by atoms with E-state index in [0.717, 1.165) is 17.0 Å². The van der Waals surface area contributed by atoms with E-state index in [-0.39, 0.29) is 5.95 Å². The van der Waals surface area contributed by atoms with Gasteiger partial charge in [-0.3, -0.25) is 4.98 Å². The van der Waals surface area contributed by atoms with Crippen LogP contribution in [0.15, 0.2) is 30.5 Å². The highest BCUT2D eigenvalue weighted by atomic mass is 35.5. The van der Waals surface area contributed by atoms with Crippen molar-refractivity contribution in [2.24, 2.45) is 0 Å². The van der Waals surface area contributed by atoms with Gasteiger partial charge >= 0.3 is 0 Å². The highest BCUT2D eigenvalue weighted by Gasteiger charge is 2.24. The quantitative estimate of drug-likeness (QED) is 0.786. The van der Waals surface area contributed by atoms with Crippen LogP contribution in [0.2, 0.25) is 5.02 Å². The maximum absolute atomic E-state index is 6.13. The molecule has 0 spiro atoms. The second-order valence-electron chi connectivity index (χ2n) is 5.04. The molecule has 3 aromatic heterocycles. The molecule has 2 N–H and O–H groups in total. The highest BCUT2D eigenvalue weighted by molar-refractivity contribution is 6.31. The standard InChI is InChI=1S/C14H12ClN5/c15-10-5-12(20-13(6-10)18-14(16)19-20)9-3-4-11(17-7-9)8-1-2-8/h3-8H,1-2H2,(H2,16,19). The Morgan fingerprint density at radius 1 is 1.25 bits per heavy atom. The predicted octanol–water partition coefficient (Wildman–Crippen LogP) is 2.90. The van der Waals surface area contributed by atoms with E-state index >= 15 is 0 Å². The molecule has 0 atom stereocenters. The molecule has 0 radical (unpaired) electrons. The summed E-state index contributed by atoms with van der Waals surface area (Å²) in [7, 11) is 0. The van der Waals surface area contributed by atoms with Crippen LogP contribution in [0.3, 0.4) is 0 Å². The van der Waals surface area contributed by atoms with Crippen molar-refractivity contribution in [1.82, 2.24) is 19.6 Å². The first-order chi connectivity index (χ1) is 9.70. The Bertz CT molecular complexity index is 789. The number of nitrogen functional groups attached to an aromatic ring is 1. The minimum absolute atomic E-state index is 0.232. The summed E-state index contributed by atoms with van der Waals surface area (Å²) in [5.41, 5.74) is 9.24. The number of anilines is 1. The number of halogens is 1. The summed E-state index contributed by atoms with van der Waals surface area (Å²) in [6, 6.07) is 7.69. The fourth-order valence-corrected chi connectivity index (χ4v) is 2.55. The van der Waals surface area contributed by atoms with Crippen LogP contribution in [0, 0.1) is 0 Å². The van der Waals surface area contributed by atoms with Gasteiger partial charge in [0.05, 0.1) is 5.69 Å². The molecular weight excluding hydrogens is 274 g/mol. The third-order valence-electron chi connectivity index (χ3n) is 3.50. The molecule has 0 bridgehead atoms. The molecule has 4 rings (SSSR count). The van der Waals surface area contributed by atoms with E-state index in [0.29, 0.717) is 16.6 Å². The summed E-state index contributed by atoms with van der Waals surface area (Å²) in [6.07, 6.45) is 4.34. The SMILES string of the molecule is Nc1nc2cc(Cl)cc(-c3ccc(C4CC4)nc3)n2n1. The lowest BCUT2D eigenvalue weighted by Gasteiger charge is -2.06. The molecule has 3 heterocycles. The van der Waals surface area contributed by atoms with Crippen LogP contribution < -0.4 is 5.73 Å². The minimum atomic E-state index is 0.232. The second-order valence-corrected chi connectivity index (χ2v) is 5.48.